The number of pyridine rings is 1. The zero-order valence-corrected chi connectivity index (χ0v) is 13.2. The van der Waals surface area contributed by atoms with Crippen molar-refractivity contribution in [1.82, 2.24) is 10.3 Å². The van der Waals surface area contributed by atoms with Gasteiger partial charge in [0.2, 0.25) is 5.88 Å². The van der Waals surface area contributed by atoms with Gasteiger partial charge in [0, 0.05) is 18.8 Å². The molecule has 0 aromatic carbocycles. The summed E-state index contributed by atoms with van der Waals surface area (Å²) >= 11 is 6.18. The van der Waals surface area contributed by atoms with E-state index in [1.165, 1.54) is 25.7 Å². The summed E-state index contributed by atoms with van der Waals surface area (Å²) in [7, 11) is 0. The minimum atomic E-state index is 0.633. The second kappa shape index (κ2) is 7.84. The van der Waals surface area contributed by atoms with Crippen LogP contribution in [-0.4, -0.2) is 18.1 Å². The molecule has 0 aliphatic heterocycles. The van der Waals surface area contributed by atoms with E-state index in [0.717, 1.165) is 25.3 Å². The lowest BCUT2D eigenvalue weighted by Gasteiger charge is -2.13. The highest BCUT2D eigenvalue weighted by molar-refractivity contribution is 6.31. The van der Waals surface area contributed by atoms with E-state index >= 15 is 0 Å². The highest BCUT2D eigenvalue weighted by atomic mass is 35.5. The third-order valence-corrected chi connectivity index (χ3v) is 4.06. The van der Waals surface area contributed by atoms with Crippen molar-refractivity contribution in [3.8, 4) is 5.88 Å². The molecule has 20 heavy (non-hydrogen) atoms. The first-order valence-corrected chi connectivity index (χ1v) is 8.01. The third kappa shape index (κ3) is 4.95. The molecule has 0 radical (unpaired) electrons. The van der Waals surface area contributed by atoms with Gasteiger partial charge in [-0.3, -0.25) is 0 Å². The second-order valence-electron chi connectivity index (χ2n) is 6.10. The van der Waals surface area contributed by atoms with Gasteiger partial charge in [-0.15, -0.1) is 0 Å². The Kier molecular flexibility index (Phi) is 6.11. The van der Waals surface area contributed by atoms with Gasteiger partial charge < -0.3 is 10.1 Å². The van der Waals surface area contributed by atoms with Crippen molar-refractivity contribution in [2.45, 2.75) is 46.1 Å². The lowest BCUT2D eigenvalue weighted by atomic mass is 10.1. The number of halogens is 1. The fourth-order valence-corrected chi connectivity index (χ4v) is 2.72. The second-order valence-corrected chi connectivity index (χ2v) is 6.51. The molecule has 0 saturated heterocycles. The molecule has 1 fully saturated rings. The Labute approximate surface area is 127 Å². The van der Waals surface area contributed by atoms with E-state index in [1.807, 2.05) is 6.07 Å². The maximum absolute atomic E-state index is 6.18. The van der Waals surface area contributed by atoms with Crippen LogP contribution >= 0.6 is 11.6 Å². The van der Waals surface area contributed by atoms with Crippen LogP contribution in [0.15, 0.2) is 12.3 Å². The van der Waals surface area contributed by atoms with Gasteiger partial charge in [-0.05, 0) is 36.8 Å². The van der Waals surface area contributed by atoms with Gasteiger partial charge in [0.15, 0.2) is 0 Å². The average molecular weight is 297 g/mol. The van der Waals surface area contributed by atoms with Gasteiger partial charge in [-0.25, -0.2) is 4.98 Å². The fraction of sp³-hybridized carbons (Fsp3) is 0.688. The van der Waals surface area contributed by atoms with Crippen LogP contribution in [0.1, 0.15) is 45.1 Å². The zero-order chi connectivity index (χ0) is 14.4. The number of nitrogens with one attached hydrogen (secondary N) is 1. The van der Waals surface area contributed by atoms with Crippen LogP contribution in [0.25, 0.3) is 0 Å². The molecule has 0 spiro atoms. The van der Waals surface area contributed by atoms with Crippen molar-refractivity contribution in [3.05, 3.63) is 22.8 Å². The predicted molar refractivity (Wildman–Crippen MR) is 83.2 cm³/mol. The van der Waals surface area contributed by atoms with Crippen molar-refractivity contribution in [3.63, 3.8) is 0 Å². The molecule has 1 N–H and O–H groups in total. The Morgan fingerprint density at radius 3 is 2.85 bits per heavy atom. The summed E-state index contributed by atoms with van der Waals surface area (Å²) in [6, 6.07) is 1.96. The van der Waals surface area contributed by atoms with Gasteiger partial charge in [0.1, 0.15) is 0 Å². The third-order valence-electron chi connectivity index (χ3n) is 3.72. The molecule has 0 amide bonds. The van der Waals surface area contributed by atoms with E-state index in [2.05, 4.69) is 24.1 Å². The minimum Gasteiger partial charge on any atom is -0.477 e. The Morgan fingerprint density at radius 2 is 2.15 bits per heavy atom. The van der Waals surface area contributed by atoms with E-state index < -0.39 is 0 Å². The van der Waals surface area contributed by atoms with E-state index in [4.69, 9.17) is 16.3 Å². The number of hydrogen-bond acceptors (Lipinski definition) is 3. The molecule has 0 bridgehead atoms. The summed E-state index contributed by atoms with van der Waals surface area (Å²) in [5, 5.41) is 4.10. The first-order chi connectivity index (χ1) is 9.65. The topological polar surface area (TPSA) is 34.1 Å². The summed E-state index contributed by atoms with van der Waals surface area (Å²) < 4.78 is 5.82. The molecule has 1 aromatic heterocycles. The first kappa shape index (κ1) is 15.6. The molecule has 3 nitrogen and oxygen atoms in total. The largest absolute Gasteiger partial charge is 0.477 e. The van der Waals surface area contributed by atoms with E-state index in [-0.39, 0.29) is 0 Å². The highest BCUT2D eigenvalue weighted by Crippen LogP contribution is 2.26. The molecule has 0 atom stereocenters. The first-order valence-electron chi connectivity index (χ1n) is 7.63. The predicted octanol–water partition coefficient (Wildman–Crippen LogP) is 4.05. The smallest absolute Gasteiger partial charge is 0.213 e. The quantitative estimate of drug-likeness (QED) is 0.824. The Hall–Kier alpha value is -0.800. The monoisotopic (exact) mass is 296 g/mol. The number of ether oxygens (including phenoxy) is 1. The van der Waals surface area contributed by atoms with Gasteiger partial charge in [0.05, 0.1) is 11.6 Å². The van der Waals surface area contributed by atoms with Crippen molar-refractivity contribution < 1.29 is 4.74 Å². The highest BCUT2D eigenvalue weighted by Gasteiger charge is 2.16. The number of nitrogens with zero attached hydrogens (tertiary/aromatic N) is 1. The van der Waals surface area contributed by atoms with Crippen molar-refractivity contribution in [2.75, 3.05) is 13.2 Å². The van der Waals surface area contributed by atoms with Gasteiger partial charge in [-0.2, -0.15) is 0 Å². The summed E-state index contributed by atoms with van der Waals surface area (Å²) in [5.74, 6) is 2.03. The number of aromatic nitrogens is 1. The number of hydrogen-bond donors (Lipinski definition) is 1. The lowest BCUT2D eigenvalue weighted by molar-refractivity contribution is 0.243. The minimum absolute atomic E-state index is 0.633. The molecule has 1 aliphatic carbocycles. The maximum Gasteiger partial charge on any atom is 0.213 e. The van der Waals surface area contributed by atoms with Gasteiger partial charge in [0.25, 0.3) is 0 Å². The summed E-state index contributed by atoms with van der Waals surface area (Å²) in [4.78, 5) is 4.26. The Morgan fingerprint density at radius 1 is 1.40 bits per heavy atom. The van der Waals surface area contributed by atoms with Crippen LogP contribution in [0.3, 0.4) is 0 Å². The van der Waals surface area contributed by atoms with Crippen LogP contribution in [0.5, 0.6) is 5.88 Å². The van der Waals surface area contributed by atoms with E-state index in [1.54, 1.807) is 6.20 Å². The molecule has 0 unspecified atom stereocenters. The molecular weight excluding hydrogens is 272 g/mol. The van der Waals surface area contributed by atoms with Gasteiger partial charge in [-0.1, -0.05) is 38.3 Å². The average Bonchev–Trinajstić information content (AvgIpc) is 2.92. The fourth-order valence-electron chi connectivity index (χ4n) is 2.55. The molecule has 2 rings (SSSR count). The number of rotatable bonds is 7. The van der Waals surface area contributed by atoms with Crippen LogP contribution in [0, 0.1) is 11.8 Å². The van der Waals surface area contributed by atoms with Crippen LogP contribution in [0.4, 0.5) is 0 Å². The van der Waals surface area contributed by atoms with E-state index in [9.17, 15) is 0 Å². The molecule has 112 valence electrons. The molecule has 4 heteroatoms. The van der Waals surface area contributed by atoms with Crippen molar-refractivity contribution >= 4 is 11.6 Å². The zero-order valence-electron chi connectivity index (χ0n) is 12.5. The molecule has 1 heterocycles. The van der Waals surface area contributed by atoms with E-state index in [0.29, 0.717) is 22.7 Å². The van der Waals surface area contributed by atoms with Crippen LogP contribution in [-0.2, 0) is 6.54 Å². The standard InChI is InChI=1S/C16H25ClN2O/c1-12(2)8-18-9-14-7-16(19-10-15(14)17)20-11-13-5-3-4-6-13/h7,10,12-13,18H,3-6,8-9,11H2,1-2H3. The molecule has 1 aromatic rings. The lowest BCUT2D eigenvalue weighted by Crippen LogP contribution is -2.19. The molecular formula is C16H25ClN2O. The molecule has 1 aliphatic rings. The van der Waals surface area contributed by atoms with Crippen molar-refractivity contribution in [1.29, 1.82) is 0 Å². The summed E-state index contributed by atoms with van der Waals surface area (Å²) in [6.07, 6.45) is 6.95. The molecule has 1 saturated carbocycles. The SMILES string of the molecule is CC(C)CNCc1cc(OCC2CCCC2)ncc1Cl. The van der Waals surface area contributed by atoms with Crippen molar-refractivity contribution in [2.24, 2.45) is 11.8 Å². The van der Waals surface area contributed by atoms with Crippen LogP contribution in [0.2, 0.25) is 5.02 Å². The summed E-state index contributed by atoms with van der Waals surface area (Å²) in [5.41, 5.74) is 1.06. The summed E-state index contributed by atoms with van der Waals surface area (Å²) in [6.45, 7) is 6.92. The van der Waals surface area contributed by atoms with Crippen LogP contribution < -0.4 is 10.1 Å². The Bertz CT molecular complexity index is 417. The maximum atomic E-state index is 6.18. The van der Waals surface area contributed by atoms with Gasteiger partial charge >= 0.3 is 0 Å². The normalized spacial score (nSPS) is 16.0. The Balaban J connectivity index is 1.86.